The number of carbonyl (C=O) groups excluding carboxylic acids is 2. The molecule has 0 rings (SSSR count). The number of ether oxygens (including phenoxy) is 1. The van der Waals surface area contributed by atoms with E-state index in [1.54, 1.807) is 6.92 Å². The second-order valence-electron chi connectivity index (χ2n) is 7.55. The number of rotatable bonds is 14. The maximum absolute atomic E-state index is 12.3. The summed E-state index contributed by atoms with van der Waals surface area (Å²) in [5.41, 5.74) is -1.83. The van der Waals surface area contributed by atoms with Gasteiger partial charge in [-0.1, -0.05) is 19.3 Å². The van der Waals surface area contributed by atoms with Gasteiger partial charge in [0, 0.05) is 12.8 Å². The van der Waals surface area contributed by atoms with Crippen molar-refractivity contribution in [2.24, 2.45) is 0 Å². The zero-order valence-electron chi connectivity index (χ0n) is 16.0. The van der Waals surface area contributed by atoms with Gasteiger partial charge < -0.3 is 19.4 Å². The Balaban J connectivity index is 4.18. The number of unbranched alkanes of at least 4 members (excludes halogenated alkanes) is 4. The summed E-state index contributed by atoms with van der Waals surface area (Å²) in [6.45, 7) is 2.24. The molecule has 0 aliphatic carbocycles. The van der Waals surface area contributed by atoms with Crippen LogP contribution in [0.1, 0.15) is 58.3 Å². The smallest absolute Gasteiger partial charge is 0.306 e. The molecule has 1 unspecified atom stereocenters. The van der Waals surface area contributed by atoms with Crippen molar-refractivity contribution < 1.29 is 33.8 Å². The Bertz CT molecular complexity index is 443. The molecule has 2 N–H and O–H groups in total. The molecule has 0 aliphatic heterocycles. The number of Topliss-reactive ketones (excluding diaryl/α,β-unsaturated/α-hetero) is 1. The lowest BCUT2D eigenvalue weighted by Crippen LogP contribution is -2.54. The van der Waals surface area contributed by atoms with Crippen molar-refractivity contribution in [2.45, 2.75) is 63.9 Å². The third-order valence-electron chi connectivity index (χ3n) is 3.79. The lowest BCUT2D eigenvalue weighted by molar-refractivity contribution is -0.875. The number of ketones is 1. The van der Waals surface area contributed by atoms with Crippen molar-refractivity contribution in [1.82, 2.24) is 0 Å². The summed E-state index contributed by atoms with van der Waals surface area (Å²) in [6, 6.07) is 0. The summed E-state index contributed by atoms with van der Waals surface area (Å²) in [5, 5.41) is 19.5. The van der Waals surface area contributed by atoms with Crippen molar-refractivity contribution >= 4 is 17.7 Å². The first-order chi connectivity index (χ1) is 11.5. The predicted molar refractivity (Wildman–Crippen MR) is 94.1 cm³/mol. The van der Waals surface area contributed by atoms with Gasteiger partial charge >= 0.3 is 11.9 Å². The van der Waals surface area contributed by atoms with Crippen molar-refractivity contribution in [3.05, 3.63) is 0 Å². The van der Waals surface area contributed by atoms with Crippen molar-refractivity contribution in [3.8, 4) is 0 Å². The molecule has 25 heavy (non-hydrogen) atoms. The molecule has 0 bridgehead atoms. The van der Waals surface area contributed by atoms with Gasteiger partial charge in [0.25, 0.3) is 0 Å². The Morgan fingerprint density at radius 2 is 1.48 bits per heavy atom. The van der Waals surface area contributed by atoms with Gasteiger partial charge in [-0.2, -0.15) is 0 Å². The molecular formula is C18H34NO6+. The number of hydrogen-bond acceptors (Lipinski definition) is 5. The second kappa shape index (κ2) is 11.2. The molecule has 146 valence electrons. The topological polar surface area (TPSA) is 101 Å². The number of likely N-dealkylation sites (N-methyl/N-ethyl adjacent to an activating group) is 1. The van der Waals surface area contributed by atoms with E-state index in [0.717, 1.165) is 25.7 Å². The highest BCUT2D eigenvalue weighted by atomic mass is 16.5. The van der Waals surface area contributed by atoms with E-state index in [9.17, 15) is 19.5 Å². The van der Waals surface area contributed by atoms with Crippen LogP contribution in [-0.4, -0.2) is 72.3 Å². The molecule has 0 saturated carbocycles. The molecule has 0 saturated heterocycles. The fourth-order valence-electron chi connectivity index (χ4n) is 2.83. The third kappa shape index (κ3) is 11.7. The lowest BCUT2D eigenvalue weighted by Gasteiger charge is -2.33. The van der Waals surface area contributed by atoms with Gasteiger partial charge in [-0.3, -0.25) is 14.4 Å². The number of quaternary nitrogens is 1. The Morgan fingerprint density at radius 3 is 1.96 bits per heavy atom. The molecule has 1 atom stereocenters. The largest absolute Gasteiger partial charge is 0.481 e. The molecule has 0 aromatic carbocycles. The Kier molecular flexibility index (Phi) is 10.5. The SMILES string of the molecule is CCOC(=O)CCCCCCCC(=O)C(O)(CC(=O)O)C[N+](C)(C)C. The summed E-state index contributed by atoms with van der Waals surface area (Å²) in [7, 11) is 5.43. The van der Waals surface area contributed by atoms with Crippen molar-refractivity contribution in [2.75, 3.05) is 34.3 Å². The van der Waals surface area contributed by atoms with Crippen LogP contribution in [0.4, 0.5) is 0 Å². The van der Waals surface area contributed by atoms with E-state index in [4.69, 9.17) is 9.84 Å². The van der Waals surface area contributed by atoms with E-state index in [2.05, 4.69) is 0 Å². The maximum Gasteiger partial charge on any atom is 0.306 e. The molecule has 0 fully saturated rings. The van der Waals surface area contributed by atoms with E-state index in [0.29, 0.717) is 23.9 Å². The highest BCUT2D eigenvalue weighted by molar-refractivity contribution is 5.91. The number of carbonyl (C=O) groups is 3. The molecule has 7 heteroatoms. The standard InChI is InChI=1S/C18H33NO6/c1-5-25-17(23)12-10-8-6-7-9-11-15(20)18(24,13-16(21)22)14-19(2,3)4/h24H,5-14H2,1-4H3/p+1. The summed E-state index contributed by atoms with van der Waals surface area (Å²) in [6.07, 6.45) is 3.96. The van der Waals surface area contributed by atoms with E-state index in [1.165, 1.54) is 0 Å². The van der Waals surface area contributed by atoms with Crippen LogP contribution < -0.4 is 0 Å². The zero-order valence-corrected chi connectivity index (χ0v) is 16.0. The number of carboxylic acid groups (broad SMARTS) is 1. The van der Waals surface area contributed by atoms with Crippen LogP contribution in [-0.2, 0) is 19.1 Å². The molecule has 0 spiro atoms. The van der Waals surface area contributed by atoms with E-state index in [-0.39, 0.29) is 18.9 Å². The zero-order chi connectivity index (χ0) is 19.5. The number of esters is 1. The molecule has 0 amide bonds. The van der Waals surface area contributed by atoms with Crippen LogP contribution >= 0.6 is 0 Å². The minimum absolute atomic E-state index is 0.0671. The van der Waals surface area contributed by atoms with Gasteiger partial charge in [-0.25, -0.2) is 0 Å². The van der Waals surface area contributed by atoms with Crippen LogP contribution in [0, 0.1) is 0 Å². The summed E-state index contributed by atoms with van der Waals surface area (Å²) < 4.78 is 5.16. The van der Waals surface area contributed by atoms with E-state index in [1.807, 2.05) is 21.1 Å². The van der Waals surface area contributed by atoms with Crippen LogP contribution in [0.2, 0.25) is 0 Å². The number of aliphatic hydroxyl groups is 1. The minimum atomic E-state index is -1.83. The predicted octanol–water partition coefficient (Wildman–Crippen LogP) is 1.76. The van der Waals surface area contributed by atoms with Crippen LogP contribution in [0.5, 0.6) is 0 Å². The molecule has 0 heterocycles. The van der Waals surface area contributed by atoms with Gasteiger partial charge in [-0.15, -0.1) is 0 Å². The van der Waals surface area contributed by atoms with Crippen LogP contribution in [0.25, 0.3) is 0 Å². The van der Waals surface area contributed by atoms with Gasteiger partial charge in [0.15, 0.2) is 11.4 Å². The van der Waals surface area contributed by atoms with Gasteiger partial charge in [0.2, 0.25) is 0 Å². The first-order valence-corrected chi connectivity index (χ1v) is 8.94. The van der Waals surface area contributed by atoms with Crippen molar-refractivity contribution in [1.29, 1.82) is 0 Å². The fraction of sp³-hybridized carbons (Fsp3) is 0.833. The van der Waals surface area contributed by atoms with E-state index >= 15 is 0 Å². The highest BCUT2D eigenvalue weighted by Crippen LogP contribution is 2.20. The summed E-state index contributed by atoms with van der Waals surface area (Å²) in [4.78, 5) is 34.5. The molecule has 7 nitrogen and oxygen atoms in total. The minimum Gasteiger partial charge on any atom is -0.481 e. The average Bonchev–Trinajstić information content (AvgIpc) is 2.43. The molecule has 0 aromatic rings. The normalized spacial score (nSPS) is 14.0. The van der Waals surface area contributed by atoms with E-state index < -0.39 is 23.8 Å². The first-order valence-electron chi connectivity index (χ1n) is 8.94. The van der Waals surface area contributed by atoms with Crippen LogP contribution in [0.3, 0.4) is 0 Å². The average molecular weight is 360 g/mol. The Labute approximate surface area is 150 Å². The van der Waals surface area contributed by atoms with Gasteiger partial charge in [0.05, 0.1) is 34.2 Å². The van der Waals surface area contributed by atoms with Gasteiger partial charge in [-0.05, 0) is 19.8 Å². The quantitative estimate of drug-likeness (QED) is 0.278. The molecule has 0 aliphatic rings. The Hall–Kier alpha value is -1.47. The Morgan fingerprint density at radius 1 is 0.960 bits per heavy atom. The highest BCUT2D eigenvalue weighted by Gasteiger charge is 2.42. The van der Waals surface area contributed by atoms with Gasteiger partial charge in [0.1, 0.15) is 6.54 Å². The monoisotopic (exact) mass is 360 g/mol. The first kappa shape index (κ1) is 23.5. The molecular weight excluding hydrogens is 326 g/mol. The fourth-order valence-corrected chi connectivity index (χ4v) is 2.83. The molecule has 0 radical (unpaired) electrons. The number of hydrogen-bond donors (Lipinski definition) is 2. The number of carboxylic acids is 1. The third-order valence-corrected chi connectivity index (χ3v) is 3.79. The summed E-state index contributed by atoms with van der Waals surface area (Å²) >= 11 is 0. The second-order valence-corrected chi connectivity index (χ2v) is 7.55. The maximum atomic E-state index is 12.3. The number of aliphatic carboxylic acids is 1. The van der Waals surface area contributed by atoms with Crippen LogP contribution in [0.15, 0.2) is 0 Å². The van der Waals surface area contributed by atoms with Crippen molar-refractivity contribution in [3.63, 3.8) is 0 Å². The summed E-state index contributed by atoms with van der Waals surface area (Å²) in [5.74, 6) is -1.77. The lowest BCUT2D eigenvalue weighted by atomic mass is 9.89. The molecule has 0 aromatic heterocycles. The number of nitrogens with zero attached hydrogens (tertiary/aromatic N) is 1.